The van der Waals surface area contributed by atoms with Crippen molar-refractivity contribution in [1.82, 2.24) is 14.7 Å². The van der Waals surface area contributed by atoms with Gasteiger partial charge in [-0.15, -0.1) is 0 Å². The molecule has 7 nitrogen and oxygen atoms in total. The number of nitrogens with zero attached hydrogens (tertiary/aromatic N) is 3. The Morgan fingerprint density at radius 2 is 2.17 bits per heavy atom. The fraction of sp³-hybridized carbons (Fsp3) is 0.733. The maximum absolute atomic E-state index is 12.5. The van der Waals surface area contributed by atoms with Gasteiger partial charge in [0.05, 0.1) is 23.7 Å². The number of urea groups is 1. The Kier molecular flexibility index (Phi) is 4.61. The predicted octanol–water partition coefficient (Wildman–Crippen LogP) is 1.90. The molecule has 0 saturated carbocycles. The van der Waals surface area contributed by atoms with Crippen molar-refractivity contribution in [2.45, 2.75) is 38.6 Å². The van der Waals surface area contributed by atoms with Crippen LogP contribution in [0.25, 0.3) is 0 Å². The van der Waals surface area contributed by atoms with Gasteiger partial charge in [0.25, 0.3) is 0 Å². The molecule has 3 rings (SSSR count). The van der Waals surface area contributed by atoms with Crippen LogP contribution >= 0.6 is 0 Å². The van der Waals surface area contributed by atoms with Gasteiger partial charge in [-0.05, 0) is 25.2 Å². The van der Waals surface area contributed by atoms with Crippen molar-refractivity contribution in [1.29, 1.82) is 0 Å². The summed E-state index contributed by atoms with van der Waals surface area (Å²) in [5, 5.41) is 7.12. The minimum Gasteiger partial charge on any atom is -0.324 e. The third kappa shape index (κ3) is 3.85. The molecule has 2 atom stereocenters. The van der Waals surface area contributed by atoms with Crippen molar-refractivity contribution in [2.24, 2.45) is 5.92 Å². The van der Waals surface area contributed by atoms with Crippen LogP contribution in [0.5, 0.6) is 0 Å². The van der Waals surface area contributed by atoms with Crippen LogP contribution in [0.15, 0.2) is 12.3 Å². The lowest BCUT2D eigenvalue weighted by Gasteiger charge is -2.23. The van der Waals surface area contributed by atoms with Gasteiger partial charge in [-0.1, -0.05) is 13.3 Å². The highest BCUT2D eigenvalue weighted by Gasteiger charge is 2.31. The van der Waals surface area contributed by atoms with Gasteiger partial charge in [-0.2, -0.15) is 5.10 Å². The smallest absolute Gasteiger partial charge is 0.323 e. The summed E-state index contributed by atoms with van der Waals surface area (Å²) in [6.45, 7) is 3.69. The second kappa shape index (κ2) is 6.51. The summed E-state index contributed by atoms with van der Waals surface area (Å²) in [6.07, 6.45) is 5.49. The molecule has 0 spiro atoms. The largest absolute Gasteiger partial charge is 0.324 e. The number of hydrogen-bond acceptors (Lipinski definition) is 4. The van der Waals surface area contributed by atoms with E-state index in [9.17, 15) is 13.2 Å². The van der Waals surface area contributed by atoms with E-state index in [4.69, 9.17) is 0 Å². The van der Waals surface area contributed by atoms with Crippen LogP contribution in [-0.2, 0) is 9.84 Å². The Bertz CT molecular complexity index is 670. The maximum Gasteiger partial charge on any atom is 0.323 e. The maximum atomic E-state index is 12.5. The summed E-state index contributed by atoms with van der Waals surface area (Å²) in [5.41, 5.74) is 0. The topological polar surface area (TPSA) is 84.3 Å². The Hall–Kier alpha value is -1.57. The number of aromatic nitrogens is 2. The standard InChI is InChI=1S/C15H24N4O3S/c1-12-4-2-3-8-18(10-12)15(20)17-14-5-7-16-19(14)13-6-9-23(21,22)11-13/h5,7,12-13H,2-4,6,8-11H2,1H3,(H,17,20)/t12-,13-/m1/s1. The van der Waals surface area contributed by atoms with Gasteiger partial charge >= 0.3 is 6.03 Å². The van der Waals surface area contributed by atoms with E-state index in [0.29, 0.717) is 18.2 Å². The first-order valence-electron chi connectivity index (χ1n) is 8.24. The van der Waals surface area contributed by atoms with E-state index in [-0.39, 0.29) is 23.6 Å². The van der Waals surface area contributed by atoms with Crippen LogP contribution in [0.1, 0.15) is 38.6 Å². The zero-order chi connectivity index (χ0) is 16.4. The number of rotatable bonds is 2. The highest BCUT2D eigenvalue weighted by atomic mass is 32.2. The normalized spacial score (nSPS) is 27.6. The first kappa shape index (κ1) is 16.3. The number of carbonyl (C=O) groups is 1. The quantitative estimate of drug-likeness (QED) is 0.891. The molecule has 2 fully saturated rings. The molecule has 23 heavy (non-hydrogen) atoms. The SMILES string of the molecule is C[C@@H]1CCCCN(C(=O)Nc2ccnn2[C@@H]2CCS(=O)(=O)C2)C1. The average Bonchev–Trinajstić information content (AvgIpc) is 3.01. The number of sulfone groups is 1. The fourth-order valence-electron chi connectivity index (χ4n) is 3.40. The third-order valence-corrected chi connectivity index (χ3v) is 6.40. The van der Waals surface area contributed by atoms with Gasteiger partial charge < -0.3 is 4.90 Å². The third-order valence-electron chi connectivity index (χ3n) is 4.65. The van der Waals surface area contributed by atoms with Crippen LogP contribution in [-0.4, -0.2) is 53.7 Å². The lowest BCUT2D eigenvalue weighted by atomic mass is 10.1. The van der Waals surface area contributed by atoms with Crippen molar-refractivity contribution in [2.75, 3.05) is 29.9 Å². The zero-order valence-electron chi connectivity index (χ0n) is 13.4. The molecular formula is C15H24N4O3S. The molecule has 128 valence electrons. The first-order valence-corrected chi connectivity index (χ1v) is 10.1. The summed E-state index contributed by atoms with van der Waals surface area (Å²) in [7, 11) is -2.98. The lowest BCUT2D eigenvalue weighted by molar-refractivity contribution is 0.207. The van der Waals surface area contributed by atoms with Crippen molar-refractivity contribution in [3.05, 3.63) is 12.3 Å². The van der Waals surface area contributed by atoms with Crippen LogP contribution in [0.4, 0.5) is 10.6 Å². The Balaban J connectivity index is 1.69. The van der Waals surface area contributed by atoms with Crippen molar-refractivity contribution in [3.63, 3.8) is 0 Å². The molecule has 0 unspecified atom stereocenters. The highest BCUT2D eigenvalue weighted by molar-refractivity contribution is 7.91. The van der Waals surface area contributed by atoms with Gasteiger partial charge in [-0.25, -0.2) is 17.9 Å². The van der Waals surface area contributed by atoms with Crippen LogP contribution in [0.3, 0.4) is 0 Å². The summed E-state index contributed by atoms with van der Waals surface area (Å²) >= 11 is 0. The summed E-state index contributed by atoms with van der Waals surface area (Å²) in [4.78, 5) is 14.4. The van der Waals surface area contributed by atoms with E-state index >= 15 is 0 Å². The van der Waals surface area contributed by atoms with Gasteiger partial charge in [0, 0.05) is 19.2 Å². The van der Waals surface area contributed by atoms with Gasteiger partial charge in [0.1, 0.15) is 5.82 Å². The van der Waals surface area contributed by atoms with E-state index in [1.165, 1.54) is 0 Å². The minimum absolute atomic E-state index is 0.0955. The molecule has 1 N–H and O–H groups in total. The van der Waals surface area contributed by atoms with Crippen molar-refractivity contribution < 1.29 is 13.2 Å². The molecule has 8 heteroatoms. The zero-order valence-corrected chi connectivity index (χ0v) is 14.3. The molecule has 0 bridgehead atoms. The molecule has 3 heterocycles. The number of carbonyl (C=O) groups excluding carboxylic acids is 1. The molecule has 2 aliphatic rings. The lowest BCUT2D eigenvalue weighted by Crippen LogP contribution is -2.38. The second-order valence-electron chi connectivity index (χ2n) is 6.69. The van der Waals surface area contributed by atoms with E-state index in [0.717, 1.165) is 32.4 Å². The Labute approximate surface area is 137 Å². The minimum atomic E-state index is -2.98. The van der Waals surface area contributed by atoms with Crippen molar-refractivity contribution in [3.8, 4) is 0 Å². The molecule has 2 saturated heterocycles. The first-order chi connectivity index (χ1) is 10.9. The number of anilines is 1. The monoisotopic (exact) mass is 340 g/mol. The van der Waals surface area contributed by atoms with Crippen LogP contribution < -0.4 is 5.32 Å². The van der Waals surface area contributed by atoms with E-state index < -0.39 is 9.84 Å². The molecule has 2 aliphatic heterocycles. The molecule has 0 aromatic carbocycles. The van der Waals surface area contributed by atoms with Crippen molar-refractivity contribution >= 4 is 21.7 Å². The number of hydrogen-bond donors (Lipinski definition) is 1. The van der Waals surface area contributed by atoms with Gasteiger partial charge in [-0.3, -0.25) is 5.32 Å². The molecule has 1 aromatic heterocycles. The van der Waals surface area contributed by atoms with Gasteiger partial charge in [0.15, 0.2) is 9.84 Å². The molecule has 0 radical (unpaired) electrons. The van der Waals surface area contributed by atoms with Crippen LogP contribution in [0.2, 0.25) is 0 Å². The van der Waals surface area contributed by atoms with Gasteiger partial charge in [0.2, 0.25) is 0 Å². The summed E-state index contributed by atoms with van der Waals surface area (Å²) in [6, 6.07) is 1.42. The second-order valence-corrected chi connectivity index (χ2v) is 8.92. The summed E-state index contributed by atoms with van der Waals surface area (Å²) in [5.74, 6) is 1.37. The molecule has 0 aliphatic carbocycles. The molecule has 2 amide bonds. The highest BCUT2D eigenvalue weighted by Crippen LogP contribution is 2.26. The number of likely N-dealkylation sites (tertiary alicyclic amines) is 1. The van der Waals surface area contributed by atoms with E-state index in [2.05, 4.69) is 17.3 Å². The molecular weight excluding hydrogens is 316 g/mol. The average molecular weight is 340 g/mol. The van der Waals surface area contributed by atoms with Crippen LogP contribution in [0, 0.1) is 5.92 Å². The van der Waals surface area contributed by atoms with E-state index in [1.54, 1.807) is 16.9 Å². The summed E-state index contributed by atoms with van der Waals surface area (Å²) < 4.78 is 25.0. The number of nitrogens with one attached hydrogen (secondary N) is 1. The Morgan fingerprint density at radius 3 is 2.91 bits per heavy atom. The fourth-order valence-corrected chi connectivity index (χ4v) is 5.09. The number of amides is 2. The van der Waals surface area contributed by atoms with E-state index in [1.807, 2.05) is 4.90 Å². The Morgan fingerprint density at radius 1 is 1.35 bits per heavy atom. The predicted molar refractivity (Wildman–Crippen MR) is 88.1 cm³/mol. The molecule has 1 aromatic rings.